The predicted octanol–water partition coefficient (Wildman–Crippen LogP) is 1.08. The highest BCUT2D eigenvalue weighted by Crippen LogP contribution is 2.11. The van der Waals surface area contributed by atoms with Crippen molar-refractivity contribution in [3.05, 3.63) is 29.8 Å². The first-order valence-corrected chi connectivity index (χ1v) is 7.41. The molecule has 1 aromatic rings. The summed E-state index contributed by atoms with van der Waals surface area (Å²) in [5.74, 6) is 1.37. The second-order valence-corrected chi connectivity index (χ2v) is 5.07. The Morgan fingerprint density at radius 2 is 1.83 bits per heavy atom. The van der Waals surface area contributed by atoms with Crippen LogP contribution in [0.3, 0.4) is 0 Å². The molecule has 0 aliphatic rings. The molecule has 0 spiro atoms. The number of methoxy groups -OCH3 is 2. The second-order valence-electron chi connectivity index (χ2n) is 5.07. The summed E-state index contributed by atoms with van der Waals surface area (Å²) in [6.07, 6.45) is 0. The maximum absolute atomic E-state index is 11.7. The van der Waals surface area contributed by atoms with Crippen molar-refractivity contribution in [3.8, 4) is 5.75 Å². The Balaban J connectivity index is 0.00000529. The third-order valence-corrected chi connectivity index (χ3v) is 3.08. The molecule has 0 saturated carbocycles. The molecule has 0 fully saturated rings. The van der Waals surface area contributed by atoms with Crippen molar-refractivity contribution in [3.63, 3.8) is 0 Å². The monoisotopic (exact) mass is 450 g/mol. The number of amides is 1. The lowest BCUT2D eigenvalue weighted by Crippen LogP contribution is -2.43. The number of halogens is 1. The van der Waals surface area contributed by atoms with E-state index in [-0.39, 0.29) is 36.4 Å². The molecule has 0 radical (unpaired) electrons. The zero-order valence-electron chi connectivity index (χ0n) is 14.7. The van der Waals surface area contributed by atoms with Crippen LogP contribution < -0.4 is 15.4 Å². The highest BCUT2D eigenvalue weighted by molar-refractivity contribution is 14.0. The van der Waals surface area contributed by atoms with Crippen molar-refractivity contribution >= 4 is 35.8 Å². The minimum Gasteiger partial charge on any atom is -0.497 e. The van der Waals surface area contributed by atoms with E-state index in [0.717, 1.165) is 11.3 Å². The number of benzene rings is 1. The molecule has 0 saturated heterocycles. The molecule has 0 aromatic heterocycles. The summed E-state index contributed by atoms with van der Waals surface area (Å²) in [5.41, 5.74) is 1.05. The molecule has 0 heterocycles. The predicted molar refractivity (Wildman–Crippen MR) is 106 cm³/mol. The number of nitrogens with one attached hydrogen (secondary N) is 2. The molecule has 0 aliphatic heterocycles. The van der Waals surface area contributed by atoms with Gasteiger partial charge < -0.3 is 25.0 Å². The second kappa shape index (κ2) is 12.8. The Hall–Kier alpha value is -1.55. The van der Waals surface area contributed by atoms with Crippen LogP contribution in [0.2, 0.25) is 0 Å². The Labute approximate surface area is 160 Å². The SMILES string of the molecule is COCCNC(=NCc1ccc(OC)cc1)NCC(=O)N(C)C.I. The van der Waals surface area contributed by atoms with Gasteiger partial charge in [-0.25, -0.2) is 4.99 Å². The smallest absolute Gasteiger partial charge is 0.241 e. The summed E-state index contributed by atoms with van der Waals surface area (Å²) in [6.45, 7) is 1.86. The Morgan fingerprint density at radius 3 is 2.38 bits per heavy atom. The highest BCUT2D eigenvalue weighted by atomic mass is 127. The summed E-state index contributed by atoms with van der Waals surface area (Å²) in [5, 5.41) is 6.15. The first-order chi connectivity index (χ1) is 11.1. The number of hydrogen-bond donors (Lipinski definition) is 2. The number of nitrogens with zero attached hydrogens (tertiary/aromatic N) is 2. The normalized spacial score (nSPS) is 10.6. The minimum atomic E-state index is -0.0179. The number of ether oxygens (including phenoxy) is 2. The molecular formula is C16H27IN4O3. The van der Waals surface area contributed by atoms with Crippen molar-refractivity contribution in [2.24, 2.45) is 4.99 Å². The summed E-state index contributed by atoms with van der Waals surface area (Å²) in [4.78, 5) is 17.7. The van der Waals surface area contributed by atoms with E-state index in [1.165, 1.54) is 4.90 Å². The minimum absolute atomic E-state index is 0. The summed E-state index contributed by atoms with van der Waals surface area (Å²) < 4.78 is 10.1. The lowest BCUT2D eigenvalue weighted by Gasteiger charge is -2.14. The Bertz CT molecular complexity index is 507. The standard InChI is InChI=1S/C16H26N4O3.HI/c1-20(2)15(21)12-19-16(17-9-10-22-3)18-11-13-5-7-14(23-4)8-6-13;/h5-8H,9-12H2,1-4H3,(H2,17,18,19);1H. The topological polar surface area (TPSA) is 75.2 Å². The number of hydrogen-bond acceptors (Lipinski definition) is 4. The van der Waals surface area contributed by atoms with Crippen molar-refractivity contribution < 1.29 is 14.3 Å². The molecular weight excluding hydrogens is 423 g/mol. The van der Waals surface area contributed by atoms with Gasteiger partial charge in [0.2, 0.25) is 5.91 Å². The van der Waals surface area contributed by atoms with E-state index in [9.17, 15) is 4.79 Å². The number of rotatable bonds is 8. The van der Waals surface area contributed by atoms with E-state index in [4.69, 9.17) is 9.47 Å². The van der Waals surface area contributed by atoms with Crippen molar-refractivity contribution in [2.45, 2.75) is 6.54 Å². The number of aliphatic imine (C=N–C) groups is 1. The molecule has 0 atom stereocenters. The van der Waals surface area contributed by atoms with Crippen LogP contribution in [0.1, 0.15) is 5.56 Å². The maximum atomic E-state index is 11.7. The van der Waals surface area contributed by atoms with E-state index in [1.54, 1.807) is 28.3 Å². The van der Waals surface area contributed by atoms with Crippen molar-refractivity contribution in [1.29, 1.82) is 0 Å². The molecule has 136 valence electrons. The van der Waals surface area contributed by atoms with Crippen LogP contribution >= 0.6 is 24.0 Å². The quantitative estimate of drug-likeness (QED) is 0.269. The van der Waals surface area contributed by atoms with E-state index in [0.29, 0.717) is 25.7 Å². The summed E-state index contributed by atoms with van der Waals surface area (Å²) >= 11 is 0. The zero-order chi connectivity index (χ0) is 17.1. The van der Waals surface area contributed by atoms with Gasteiger partial charge >= 0.3 is 0 Å². The summed E-state index contributed by atoms with van der Waals surface area (Å²) in [7, 11) is 6.71. The highest BCUT2D eigenvalue weighted by Gasteiger charge is 2.05. The van der Waals surface area contributed by atoms with Gasteiger partial charge in [-0.05, 0) is 17.7 Å². The number of carbonyl (C=O) groups excluding carboxylic acids is 1. The molecule has 1 amide bonds. The average molecular weight is 450 g/mol. The molecule has 1 aromatic carbocycles. The average Bonchev–Trinajstić information content (AvgIpc) is 2.57. The molecule has 24 heavy (non-hydrogen) atoms. The van der Waals surface area contributed by atoms with Crippen LogP contribution in [-0.2, 0) is 16.1 Å². The zero-order valence-corrected chi connectivity index (χ0v) is 17.0. The van der Waals surface area contributed by atoms with Crippen LogP contribution in [0.15, 0.2) is 29.3 Å². The fourth-order valence-electron chi connectivity index (χ4n) is 1.66. The van der Waals surface area contributed by atoms with Crippen LogP contribution in [0.25, 0.3) is 0 Å². The molecule has 2 N–H and O–H groups in total. The molecule has 0 unspecified atom stereocenters. The van der Waals surface area contributed by atoms with Crippen LogP contribution in [-0.4, -0.2) is 64.8 Å². The van der Waals surface area contributed by atoms with Gasteiger partial charge in [0.05, 0.1) is 26.8 Å². The lowest BCUT2D eigenvalue weighted by molar-refractivity contribution is -0.127. The maximum Gasteiger partial charge on any atom is 0.241 e. The van der Waals surface area contributed by atoms with E-state index < -0.39 is 0 Å². The molecule has 7 nitrogen and oxygen atoms in total. The largest absolute Gasteiger partial charge is 0.497 e. The van der Waals surface area contributed by atoms with E-state index in [1.807, 2.05) is 24.3 Å². The first-order valence-electron chi connectivity index (χ1n) is 7.41. The van der Waals surface area contributed by atoms with Crippen LogP contribution in [0.4, 0.5) is 0 Å². The lowest BCUT2D eigenvalue weighted by atomic mass is 10.2. The van der Waals surface area contributed by atoms with Gasteiger partial charge in [-0.2, -0.15) is 0 Å². The van der Waals surface area contributed by atoms with Crippen molar-refractivity contribution in [1.82, 2.24) is 15.5 Å². The fraction of sp³-hybridized carbons (Fsp3) is 0.500. The third kappa shape index (κ3) is 8.92. The molecule has 0 aliphatic carbocycles. The van der Waals surface area contributed by atoms with Crippen LogP contribution in [0, 0.1) is 0 Å². The van der Waals surface area contributed by atoms with E-state index in [2.05, 4.69) is 15.6 Å². The Morgan fingerprint density at radius 1 is 1.17 bits per heavy atom. The van der Waals surface area contributed by atoms with Gasteiger partial charge in [0.25, 0.3) is 0 Å². The van der Waals surface area contributed by atoms with E-state index >= 15 is 0 Å². The van der Waals surface area contributed by atoms with Gasteiger partial charge in [0, 0.05) is 27.7 Å². The fourth-order valence-corrected chi connectivity index (χ4v) is 1.66. The van der Waals surface area contributed by atoms with Gasteiger partial charge in [-0.1, -0.05) is 12.1 Å². The van der Waals surface area contributed by atoms with Gasteiger partial charge in [0.1, 0.15) is 5.75 Å². The van der Waals surface area contributed by atoms with Gasteiger partial charge in [-0.15, -0.1) is 24.0 Å². The molecule has 0 bridgehead atoms. The van der Waals surface area contributed by atoms with Crippen LogP contribution in [0.5, 0.6) is 5.75 Å². The van der Waals surface area contributed by atoms with Gasteiger partial charge in [-0.3, -0.25) is 4.79 Å². The number of likely N-dealkylation sites (N-methyl/N-ethyl adjacent to an activating group) is 1. The van der Waals surface area contributed by atoms with Crippen molar-refractivity contribution in [2.75, 3.05) is 48.0 Å². The van der Waals surface area contributed by atoms with Gasteiger partial charge in [0.15, 0.2) is 5.96 Å². The Kier molecular flexibility index (Phi) is 12.0. The first kappa shape index (κ1) is 22.4. The third-order valence-electron chi connectivity index (χ3n) is 3.08. The number of carbonyl (C=O) groups is 1. The number of guanidine groups is 1. The molecule has 8 heteroatoms. The molecule has 1 rings (SSSR count). The summed E-state index contributed by atoms with van der Waals surface area (Å²) in [6, 6.07) is 7.71.